The molecule has 1 saturated heterocycles. The Balaban J connectivity index is 1.61. The van der Waals surface area contributed by atoms with Crippen molar-refractivity contribution in [2.24, 2.45) is 5.16 Å². The molecule has 33 heavy (non-hydrogen) atoms. The van der Waals surface area contributed by atoms with Crippen LogP contribution in [0.4, 0.5) is 5.13 Å². The van der Waals surface area contributed by atoms with E-state index in [9.17, 15) is 19.5 Å². The standard InChI is InChI=1S/C21H22N6O5S/c1-10-4-5-11(2)26(8-10)14-7-6-13-16(19(29)27(13)17(14)20(30)31)24-18(28)15(25-32-3)12-9-33-21(22)23-12/h4-5,8-9,13,16H,6-7H2,1-3H3,(H3-,22,23,24,28,30,31)/p+1/t13?,16-/m0/s1. The molecule has 11 nitrogen and oxygen atoms in total. The van der Waals surface area contributed by atoms with Crippen LogP contribution in [0.3, 0.4) is 0 Å². The number of aliphatic carboxylic acids is 1. The molecule has 0 saturated carbocycles. The highest BCUT2D eigenvalue weighted by atomic mass is 32.1. The maximum Gasteiger partial charge on any atom is 0.359 e. The van der Waals surface area contributed by atoms with E-state index in [0.717, 1.165) is 22.6 Å². The SMILES string of the molecule is CON=C(C(=O)N[C@@H]1C(=O)N2C(C(=O)O)=C([n+]3cc(C)ccc3C)CCC12)c1csc(N)n1. The van der Waals surface area contributed by atoms with Gasteiger partial charge in [0.05, 0.1) is 6.04 Å². The number of amides is 2. The number of carboxylic acids is 1. The van der Waals surface area contributed by atoms with E-state index < -0.39 is 29.9 Å². The first-order chi connectivity index (χ1) is 15.7. The average Bonchev–Trinajstić information content (AvgIpc) is 3.21. The second-order valence-corrected chi connectivity index (χ2v) is 8.67. The molecule has 2 aliphatic heterocycles. The van der Waals surface area contributed by atoms with Gasteiger partial charge in [-0.3, -0.25) is 14.5 Å². The lowest BCUT2D eigenvalue weighted by molar-refractivity contribution is -0.592. The second kappa shape index (κ2) is 8.62. The number of carbonyl (C=O) groups is 3. The number of pyridine rings is 1. The molecule has 0 radical (unpaired) electrons. The Morgan fingerprint density at radius 2 is 2.15 bits per heavy atom. The molecule has 2 atom stereocenters. The van der Waals surface area contributed by atoms with E-state index >= 15 is 0 Å². The number of hydrogen-bond donors (Lipinski definition) is 3. The van der Waals surface area contributed by atoms with Crippen LogP contribution in [0.1, 0.15) is 29.8 Å². The Labute approximate surface area is 193 Å². The molecule has 2 aliphatic rings. The summed E-state index contributed by atoms with van der Waals surface area (Å²) in [7, 11) is 1.29. The Morgan fingerprint density at radius 1 is 1.39 bits per heavy atom. The van der Waals surface area contributed by atoms with Crippen LogP contribution in [0.25, 0.3) is 5.70 Å². The van der Waals surface area contributed by atoms with Gasteiger partial charge in [0.25, 0.3) is 11.8 Å². The molecule has 1 fully saturated rings. The van der Waals surface area contributed by atoms with Crippen LogP contribution in [0.2, 0.25) is 0 Å². The summed E-state index contributed by atoms with van der Waals surface area (Å²) < 4.78 is 1.81. The summed E-state index contributed by atoms with van der Waals surface area (Å²) in [5.41, 5.74) is 8.04. The lowest BCUT2D eigenvalue weighted by atomic mass is 9.85. The summed E-state index contributed by atoms with van der Waals surface area (Å²) in [4.78, 5) is 48.1. The van der Waals surface area contributed by atoms with Gasteiger partial charge in [-0.05, 0) is 19.4 Å². The topological polar surface area (TPSA) is 151 Å². The van der Waals surface area contributed by atoms with E-state index in [4.69, 9.17) is 10.6 Å². The fourth-order valence-corrected chi connectivity index (χ4v) is 4.70. The Morgan fingerprint density at radius 3 is 2.79 bits per heavy atom. The second-order valence-electron chi connectivity index (χ2n) is 7.78. The molecule has 1 unspecified atom stereocenters. The van der Waals surface area contributed by atoms with Crippen molar-refractivity contribution in [3.63, 3.8) is 0 Å². The lowest BCUT2D eigenvalue weighted by Crippen LogP contribution is -2.72. The van der Waals surface area contributed by atoms with E-state index in [-0.39, 0.29) is 22.2 Å². The number of thiazole rings is 1. The van der Waals surface area contributed by atoms with Crippen LogP contribution in [0.5, 0.6) is 0 Å². The van der Waals surface area contributed by atoms with Gasteiger partial charge in [-0.2, -0.15) is 4.57 Å². The van der Waals surface area contributed by atoms with Crippen molar-refractivity contribution in [1.29, 1.82) is 0 Å². The number of oxime groups is 1. The van der Waals surface area contributed by atoms with E-state index in [0.29, 0.717) is 18.5 Å². The summed E-state index contributed by atoms with van der Waals surface area (Å²) >= 11 is 1.14. The lowest BCUT2D eigenvalue weighted by Gasteiger charge is -2.48. The summed E-state index contributed by atoms with van der Waals surface area (Å²) in [6.07, 6.45) is 2.77. The molecule has 2 aromatic rings. The first-order valence-corrected chi connectivity index (χ1v) is 11.0. The quantitative estimate of drug-likeness (QED) is 0.239. The smallest absolute Gasteiger partial charge is 0.359 e. The van der Waals surface area contributed by atoms with E-state index in [1.54, 1.807) is 5.38 Å². The maximum absolute atomic E-state index is 13.0. The summed E-state index contributed by atoms with van der Waals surface area (Å²) in [6, 6.07) is 2.48. The summed E-state index contributed by atoms with van der Waals surface area (Å²) in [6.45, 7) is 3.79. The van der Waals surface area contributed by atoms with Gasteiger partial charge in [0.2, 0.25) is 5.70 Å². The highest BCUT2D eigenvalue weighted by Gasteiger charge is 2.55. The van der Waals surface area contributed by atoms with Crippen LogP contribution < -0.4 is 15.6 Å². The zero-order chi connectivity index (χ0) is 23.9. The number of carbonyl (C=O) groups excluding carboxylic acids is 2. The monoisotopic (exact) mass is 471 g/mol. The molecular formula is C21H23N6O5S+. The van der Waals surface area contributed by atoms with E-state index in [2.05, 4.69) is 15.5 Å². The molecule has 4 rings (SSSR count). The van der Waals surface area contributed by atoms with Crippen LogP contribution in [-0.4, -0.2) is 57.7 Å². The van der Waals surface area contributed by atoms with Gasteiger partial charge in [0.15, 0.2) is 28.4 Å². The van der Waals surface area contributed by atoms with Crippen molar-refractivity contribution < 1.29 is 28.9 Å². The number of anilines is 1. The first kappa shape index (κ1) is 22.4. The number of aromatic nitrogens is 2. The Kier molecular flexibility index (Phi) is 5.85. The number of rotatable bonds is 6. The molecule has 0 aliphatic carbocycles. The van der Waals surface area contributed by atoms with Gasteiger partial charge in [-0.25, -0.2) is 9.78 Å². The highest BCUT2D eigenvalue weighted by molar-refractivity contribution is 7.13. The number of nitrogens with two attached hydrogens (primary N) is 1. The minimum atomic E-state index is -1.19. The molecule has 0 spiro atoms. The van der Waals surface area contributed by atoms with Crippen molar-refractivity contribution in [2.45, 2.75) is 38.8 Å². The number of nitrogens with zero attached hydrogens (tertiary/aromatic N) is 4. The number of carboxylic acid groups (broad SMARTS) is 1. The molecule has 4 N–H and O–H groups in total. The van der Waals surface area contributed by atoms with Crippen LogP contribution in [0.15, 0.2) is 34.6 Å². The highest BCUT2D eigenvalue weighted by Crippen LogP contribution is 2.37. The Bertz CT molecular complexity index is 1220. The number of β-lactam (4-membered cyclic amide) rings is 1. The van der Waals surface area contributed by atoms with Gasteiger partial charge < -0.3 is 21.0 Å². The van der Waals surface area contributed by atoms with Crippen molar-refractivity contribution in [3.8, 4) is 0 Å². The predicted molar refractivity (Wildman–Crippen MR) is 119 cm³/mol. The minimum absolute atomic E-state index is 0.0708. The van der Waals surface area contributed by atoms with E-state index in [1.165, 1.54) is 12.0 Å². The molecule has 12 heteroatoms. The normalized spacial score (nSPS) is 20.3. The molecule has 172 valence electrons. The van der Waals surface area contributed by atoms with Crippen LogP contribution in [0, 0.1) is 13.8 Å². The van der Waals surface area contributed by atoms with Crippen molar-refractivity contribution in [3.05, 3.63) is 46.4 Å². The third kappa shape index (κ3) is 3.93. The van der Waals surface area contributed by atoms with Gasteiger partial charge in [0, 0.05) is 30.4 Å². The number of aryl methyl sites for hydroxylation is 2. The van der Waals surface area contributed by atoms with Gasteiger partial charge in [-0.1, -0.05) is 5.16 Å². The number of nitrogens with one attached hydrogen (secondary N) is 1. The average molecular weight is 472 g/mol. The summed E-state index contributed by atoms with van der Waals surface area (Å²) in [5, 5.41) is 18.1. The molecule has 0 bridgehead atoms. The third-order valence-corrected chi connectivity index (χ3v) is 6.33. The fourth-order valence-electron chi connectivity index (χ4n) is 4.15. The number of hydrogen-bond acceptors (Lipinski definition) is 8. The van der Waals surface area contributed by atoms with Gasteiger partial charge in [0.1, 0.15) is 18.8 Å². The molecule has 0 aromatic carbocycles. The first-order valence-electron chi connectivity index (χ1n) is 10.1. The minimum Gasteiger partial charge on any atom is -0.476 e. The summed E-state index contributed by atoms with van der Waals surface area (Å²) in [5.74, 6) is -2.35. The number of nitrogen functional groups attached to an aromatic ring is 1. The van der Waals surface area contributed by atoms with Gasteiger partial charge >= 0.3 is 5.97 Å². The fraction of sp³-hybridized carbons (Fsp3) is 0.333. The zero-order valence-electron chi connectivity index (χ0n) is 18.2. The van der Waals surface area contributed by atoms with Crippen LogP contribution >= 0.6 is 11.3 Å². The largest absolute Gasteiger partial charge is 0.476 e. The third-order valence-electron chi connectivity index (χ3n) is 5.65. The van der Waals surface area contributed by atoms with Gasteiger partial charge in [-0.15, -0.1) is 11.3 Å². The molecule has 2 aromatic heterocycles. The predicted octanol–water partition coefficient (Wildman–Crippen LogP) is 0.423. The van der Waals surface area contributed by atoms with Crippen molar-refractivity contribution in [1.82, 2.24) is 15.2 Å². The van der Waals surface area contributed by atoms with Crippen molar-refractivity contribution in [2.75, 3.05) is 12.8 Å². The van der Waals surface area contributed by atoms with Crippen molar-refractivity contribution >= 4 is 45.7 Å². The zero-order valence-corrected chi connectivity index (χ0v) is 19.0. The number of fused-ring (bicyclic) bond motifs is 1. The Hall–Kier alpha value is -3.80. The van der Waals surface area contributed by atoms with Crippen LogP contribution in [-0.2, 0) is 19.2 Å². The van der Waals surface area contributed by atoms with E-state index in [1.807, 2.05) is 36.7 Å². The maximum atomic E-state index is 13.0. The molecular weight excluding hydrogens is 448 g/mol. The number of allylic oxidation sites excluding steroid dienone is 1. The molecule has 2 amide bonds. The molecule has 4 heterocycles.